The van der Waals surface area contributed by atoms with E-state index in [0.717, 1.165) is 49.4 Å². The number of hydrogen-bond acceptors (Lipinski definition) is 6. The second-order valence-corrected chi connectivity index (χ2v) is 11.6. The van der Waals surface area contributed by atoms with Crippen LogP contribution in [0.1, 0.15) is 0 Å². The monoisotopic (exact) mass is 853 g/mol. The van der Waals surface area contributed by atoms with Gasteiger partial charge in [-0.05, 0) is 51.0 Å². The molecule has 9 rings (SSSR count). The van der Waals surface area contributed by atoms with E-state index in [9.17, 15) is 15.3 Å². The summed E-state index contributed by atoms with van der Waals surface area (Å²) in [6, 6.07) is 50.7. The number of fused-ring (bicyclic) bond motifs is 3. The van der Waals surface area contributed by atoms with Gasteiger partial charge in [0.25, 0.3) is 0 Å². The second kappa shape index (κ2) is 16.5. The van der Waals surface area contributed by atoms with E-state index in [1.165, 1.54) is 0 Å². The third kappa shape index (κ3) is 7.66. The fourth-order valence-corrected chi connectivity index (χ4v) is 5.99. The first-order valence-electron chi connectivity index (χ1n) is 16.4. The Kier molecular flexibility index (Phi) is 11.3. The van der Waals surface area contributed by atoms with Gasteiger partial charge >= 0.3 is 20.1 Å². The van der Waals surface area contributed by atoms with Gasteiger partial charge in [0.05, 0.1) is 17.1 Å². The number of hydrogen-bond donors (Lipinski definition) is 0. The largest absolute Gasteiger partial charge is 3.00 e. The van der Waals surface area contributed by atoms with Crippen molar-refractivity contribution in [3.63, 3.8) is 0 Å². The minimum Gasteiger partial charge on any atom is -0.872 e. The van der Waals surface area contributed by atoms with Gasteiger partial charge in [0.2, 0.25) is 0 Å². The summed E-state index contributed by atoms with van der Waals surface area (Å²) in [5, 5.41) is 41.8. The van der Waals surface area contributed by atoms with Gasteiger partial charge in [0.15, 0.2) is 0 Å². The van der Waals surface area contributed by atoms with Crippen LogP contribution in [0.3, 0.4) is 0 Å². The van der Waals surface area contributed by atoms with Crippen LogP contribution in [-0.4, -0.2) is 15.0 Å². The van der Waals surface area contributed by atoms with Gasteiger partial charge in [0.1, 0.15) is 0 Å². The van der Waals surface area contributed by atoms with Crippen molar-refractivity contribution >= 4 is 32.3 Å². The minimum absolute atomic E-state index is 0. The van der Waals surface area contributed by atoms with Crippen molar-refractivity contribution in [2.75, 3.05) is 0 Å². The van der Waals surface area contributed by atoms with Gasteiger partial charge in [-0.2, -0.15) is 0 Å². The molecule has 0 atom stereocenters. The molecular formula is C45H30IrN3O3. The molecule has 0 aliphatic carbocycles. The molecule has 3 heterocycles. The van der Waals surface area contributed by atoms with Gasteiger partial charge in [-0.1, -0.05) is 163 Å². The van der Waals surface area contributed by atoms with E-state index in [0.29, 0.717) is 16.7 Å². The maximum absolute atomic E-state index is 11.8. The number of benzene rings is 6. The van der Waals surface area contributed by atoms with Crippen molar-refractivity contribution in [3.05, 3.63) is 182 Å². The molecule has 0 spiro atoms. The van der Waals surface area contributed by atoms with Gasteiger partial charge < -0.3 is 15.3 Å². The van der Waals surface area contributed by atoms with E-state index < -0.39 is 0 Å². The predicted molar refractivity (Wildman–Crippen MR) is 200 cm³/mol. The van der Waals surface area contributed by atoms with Crippen LogP contribution < -0.4 is 15.3 Å². The maximum Gasteiger partial charge on any atom is 3.00 e. The summed E-state index contributed by atoms with van der Waals surface area (Å²) in [5.41, 5.74) is 4.24. The summed E-state index contributed by atoms with van der Waals surface area (Å²) in [6.07, 6.45) is 5.22. The maximum atomic E-state index is 11.8. The van der Waals surface area contributed by atoms with E-state index in [-0.39, 0.29) is 37.4 Å². The summed E-state index contributed by atoms with van der Waals surface area (Å²) in [5.74, 6) is 0.0315. The smallest absolute Gasteiger partial charge is 0.872 e. The first-order chi connectivity index (χ1) is 25.1. The Morgan fingerprint density at radius 1 is 0.288 bits per heavy atom. The second-order valence-electron chi connectivity index (χ2n) is 11.6. The summed E-state index contributed by atoms with van der Waals surface area (Å²) in [4.78, 5) is 13.0. The van der Waals surface area contributed by atoms with Crippen LogP contribution in [0.5, 0.6) is 17.2 Å². The van der Waals surface area contributed by atoms with E-state index in [1.807, 2.05) is 127 Å². The third-order valence-corrected chi connectivity index (χ3v) is 8.45. The molecule has 0 saturated heterocycles. The molecule has 0 amide bonds. The van der Waals surface area contributed by atoms with E-state index in [1.54, 1.807) is 55.0 Å². The molecule has 0 unspecified atom stereocenters. The Hall–Kier alpha value is -6.40. The number of aromatic nitrogens is 3. The normalized spacial score (nSPS) is 10.4. The van der Waals surface area contributed by atoms with Crippen LogP contribution in [-0.2, 0) is 20.1 Å². The Labute approximate surface area is 314 Å². The van der Waals surface area contributed by atoms with Crippen LogP contribution in [0.4, 0.5) is 0 Å². The first-order valence-corrected chi connectivity index (χ1v) is 16.4. The van der Waals surface area contributed by atoms with Gasteiger partial charge in [-0.15, -0.1) is 0 Å². The van der Waals surface area contributed by atoms with Crippen LogP contribution in [0.15, 0.2) is 182 Å². The Morgan fingerprint density at radius 2 is 0.538 bits per heavy atom. The first kappa shape index (κ1) is 35.4. The van der Waals surface area contributed by atoms with Crippen molar-refractivity contribution in [2.45, 2.75) is 0 Å². The van der Waals surface area contributed by atoms with Gasteiger partial charge in [-0.3, -0.25) is 15.0 Å². The predicted octanol–water partition coefficient (Wildman–Crippen LogP) is 8.92. The molecule has 6 aromatic carbocycles. The Bertz CT molecular complexity index is 2310. The average Bonchev–Trinajstić information content (AvgIpc) is 3.18. The fourth-order valence-electron chi connectivity index (χ4n) is 5.99. The van der Waals surface area contributed by atoms with Crippen LogP contribution >= 0.6 is 0 Å². The number of para-hydroxylation sites is 3. The minimum atomic E-state index is 0. The number of rotatable bonds is 3. The van der Waals surface area contributed by atoms with Crippen LogP contribution in [0.25, 0.3) is 66.1 Å². The third-order valence-electron chi connectivity index (χ3n) is 8.45. The van der Waals surface area contributed by atoms with Crippen molar-refractivity contribution < 1.29 is 35.4 Å². The molecule has 3 aromatic heterocycles. The van der Waals surface area contributed by atoms with E-state index in [2.05, 4.69) is 15.0 Å². The topological polar surface area (TPSA) is 108 Å². The van der Waals surface area contributed by atoms with E-state index in [4.69, 9.17) is 0 Å². The molecule has 252 valence electrons. The zero-order valence-electron chi connectivity index (χ0n) is 27.7. The SMILES string of the molecule is [Ir+3].[O-]c1ccccc1-c1nccc2ccccc12.[O-]c1ccccc1-c1nccc2ccccc12.[O-]c1ccccc1-c1nccc2ccccc12. The standard InChI is InChI=1S/3C15H11NO.Ir/c3*17-14-8-4-3-7-13(14)15-12-6-2-1-5-11(12)9-10-16-15;/h3*1-10,17H;/q;;;+3/p-3. The summed E-state index contributed by atoms with van der Waals surface area (Å²) in [6.45, 7) is 0. The summed E-state index contributed by atoms with van der Waals surface area (Å²) < 4.78 is 0. The molecule has 0 fully saturated rings. The average molecular weight is 853 g/mol. The zero-order valence-corrected chi connectivity index (χ0v) is 30.1. The fraction of sp³-hybridized carbons (Fsp3) is 0. The Balaban J connectivity index is 0.000000133. The molecule has 0 aliphatic heterocycles. The van der Waals surface area contributed by atoms with E-state index >= 15 is 0 Å². The molecule has 0 N–H and O–H groups in total. The molecule has 52 heavy (non-hydrogen) atoms. The zero-order chi connectivity index (χ0) is 35.0. The molecule has 0 bridgehead atoms. The van der Waals surface area contributed by atoms with Crippen LogP contribution in [0, 0.1) is 0 Å². The van der Waals surface area contributed by atoms with Crippen molar-refractivity contribution in [1.29, 1.82) is 0 Å². The molecule has 7 heteroatoms. The number of nitrogens with zero attached hydrogens (tertiary/aromatic N) is 3. The number of pyridine rings is 3. The quantitative estimate of drug-likeness (QED) is 0.176. The van der Waals surface area contributed by atoms with Crippen molar-refractivity contribution in [2.24, 2.45) is 0 Å². The van der Waals surface area contributed by atoms with Crippen molar-refractivity contribution in [1.82, 2.24) is 15.0 Å². The molecule has 0 aliphatic rings. The molecule has 9 aromatic rings. The Morgan fingerprint density at radius 3 is 0.827 bits per heavy atom. The molecule has 6 nitrogen and oxygen atoms in total. The molecule has 0 saturated carbocycles. The summed E-state index contributed by atoms with van der Waals surface area (Å²) >= 11 is 0. The van der Waals surface area contributed by atoms with Gasteiger partial charge in [-0.25, -0.2) is 0 Å². The van der Waals surface area contributed by atoms with Gasteiger partial charge in [0, 0.05) is 34.7 Å². The molecule has 0 radical (unpaired) electrons. The van der Waals surface area contributed by atoms with Crippen LogP contribution in [0.2, 0.25) is 0 Å². The summed E-state index contributed by atoms with van der Waals surface area (Å²) in [7, 11) is 0. The van der Waals surface area contributed by atoms with Crippen molar-refractivity contribution in [3.8, 4) is 51.0 Å². The molecular weight excluding hydrogens is 823 g/mol.